The molecular weight excluding hydrogens is 279 g/mol. The molecule has 1 aromatic rings. The summed E-state index contributed by atoms with van der Waals surface area (Å²) in [7, 11) is 0. The van der Waals surface area contributed by atoms with Gasteiger partial charge in [-0.15, -0.1) is 6.58 Å². The van der Waals surface area contributed by atoms with Crippen LogP contribution in [0.2, 0.25) is 0 Å². The zero-order valence-corrected chi connectivity index (χ0v) is 11.5. The third-order valence-electron chi connectivity index (χ3n) is 3.56. The van der Waals surface area contributed by atoms with Crippen molar-refractivity contribution in [3.63, 3.8) is 0 Å². The molecule has 0 saturated carbocycles. The first kappa shape index (κ1) is 15.4. The van der Waals surface area contributed by atoms with E-state index >= 15 is 0 Å². The maximum absolute atomic E-state index is 13.0. The Balaban J connectivity index is 2.26. The van der Waals surface area contributed by atoms with Crippen molar-refractivity contribution < 1.29 is 13.2 Å². The second-order valence-electron chi connectivity index (χ2n) is 4.89. The van der Waals surface area contributed by atoms with Crippen molar-refractivity contribution >= 4 is 5.69 Å². The first-order valence-corrected chi connectivity index (χ1v) is 6.66. The van der Waals surface area contributed by atoms with Crippen LogP contribution >= 0.6 is 0 Å². The van der Waals surface area contributed by atoms with Gasteiger partial charge in [-0.2, -0.15) is 18.4 Å². The van der Waals surface area contributed by atoms with Crippen LogP contribution in [0.15, 0.2) is 30.9 Å². The lowest BCUT2D eigenvalue weighted by Gasteiger charge is -2.36. The van der Waals surface area contributed by atoms with Crippen molar-refractivity contribution in [2.45, 2.75) is 6.18 Å². The number of halogens is 3. The largest absolute Gasteiger partial charge is 0.417 e. The Labute approximate surface area is 121 Å². The van der Waals surface area contributed by atoms with Crippen molar-refractivity contribution in [3.05, 3.63) is 42.0 Å². The van der Waals surface area contributed by atoms with Gasteiger partial charge in [0.2, 0.25) is 0 Å². The van der Waals surface area contributed by atoms with E-state index in [1.807, 2.05) is 4.90 Å². The van der Waals surface area contributed by atoms with E-state index in [0.29, 0.717) is 18.8 Å². The van der Waals surface area contributed by atoms with Crippen LogP contribution in [0.5, 0.6) is 0 Å². The molecule has 0 amide bonds. The van der Waals surface area contributed by atoms with Gasteiger partial charge in [-0.3, -0.25) is 4.90 Å². The molecule has 0 aromatic heterocycles. The molecule has 0 spiro atoms. The highest BCUT2D eigenvalue weighted by Gasteiger charge is 2.35. The highest BCUT2D eigenvalue weighted by Crippen LogP contribution is 2.36. The molecule has 112 valence electrons. The molecular formula is C15H16F3N3. The zero-order valence-electron chi connectivity index (χ0n) is 11.5. The van der Waals surface area contributed by atoms with E-state index in [9.17, 15) is 13.2 Å². The minimum Gasteiger partial charge on any atom is -0.368 e. The lowest BCUT2D eigenvalue weighted by Crippen LogP contribution is -2.46. The van der Waals surface area contributed by atoms with Crippen LogP contribution in [0.1, 0.15) is 11.1 Å². The summed E-state index contributed by atoms with van der Waals surface area (Å²) in [6.07, 6.45) is -2.70. The molecule has 1 fully saturated rings. The summed E-state index contributed by atoms with van der Waals surface area (Å²) in [5, 5.41) is 9.13. The van der Waals surface area contributed by atoms with Gasteiger partial charge in [-0.1, -0.05) is 12.1 Å². The molecule has 1 aliphatic rings. The van der Waals surface area contributed by atoms with E-state index in [2.05, 4.69) is 11.5 Å². The van der Waals surface area contributed by atoms with Gasteiger partial charge in [-0.05, 0) is 12.1 Å². The first-order valence-electron chi connectivity index (χ1n) is 6.66. The van der Waals surface area contributed by atoms with Crippen molar-refractivity contribution in [3.8, 4) is 6.07 Å². The monoisotopic (exact) mass is 295 g/mol. The number of hydrogen-bond acceptors (Lipinski definition) is 3. The summed E-state index contributed by atoms with van der Waals surface area (Å²) in [4.78, 5) is 4.01. The van der Waals surface area contributed by atoms with Gasteiger partial charge >= 0.3 is 6.18 Å². The molecule has 0 aliphatic carbocycles. The molecule has 0 N–H and O–H groups in total. The Hall–Kier alpha value is -2.00. The lowest BCUT2D eigenvalue weighted by molar-refractivity contribution is -0.137. The van der Waals surface area contributed by atoms with Crippen LogP contribution in [0, 0.1) is 11.3 Å². The Morgan fingerprint density at radius 3 is 2.43 bits per heavy atom. The molecule has 0 atom stereocenters. The fourth-order valence-corrected chi connectivity index (χ4v) is 2.51. The number of alkyl halides is 3. The van der Waals surface area contributed by atoms with E-state index in [1.54, 1.807) is 18.2 Å². The highest BCUT2D eigenvalue weighted by atomic mass is 19.4. The molecule has 3 nitrogen and oxygen atoms in total. The maximum Gasteiger partial charge on any atom is 0.417 e. The van der Waals surface area contributed by atoms with Crippen molar-refractivity contribution in [2.75, 3.05) is 37.6 Å². The van der Waals surface area contributed by atoms with E-state index in [4.69, 9.17) is 5.26 Å². The van der Waals surface area contributed by atoms with Crippen LogP contribution in [0.4, 0.5) is 18.9 Å². The fraction of sp³-hybridized carbons (Fsp3) is 0.400. The maximum atomic E-state index is 13.0. The Morgan fingerprint density at radius 2 is 1.90 bits per heavy atom. The van der Waals surface area contributed by atoms with Crippen molar-refractivity contribution in [1.29, 1.82) is 5.26 Å². The number of nitrogens with zero attached hydrogens (tertiary/aromatic N) is 3. The van der Waals surface area contributed by atoms with Crippen LogP contribution in [-0.4, -0.2) is 37.6 Å². The third kappa shape index (κ3) is 3.37. The van der Waals surface area contributed by atoms with Gasteiger partial charge in [0.25, 0.3) is 0 Å². The van der Waals surface area contributed by atoms with Gasteiger partial charge in [0.05, 0.1) is 16.8 Å². The Bertz CT molecular complexity index is 552. The highest BCUT2D eigenvalue weighted by molar-refractivity contribution is 5.63. The van der Waals surface area contributed by atoms with Crippen LogP contribution in [0.3, 0.4) is 0 Å². The number of nitriles is 1. The molecule has 0 unspecified atom stereocenters. The molecule has 0 bridgehead atoms. The zero-order chi connectivity index (χ0) is 15.5. The molecule has 1 saturated heterocycles. The van der Waals surface area contributed by atoms with E-state index in [-0.39, 0.29) is 5.56 Å². The number of piperazine rings is 1. The topological polar surface area (TPSA) is 30.3 Å². The first-order chi connectivity index (χ1) is 9.97. The van der Waals surface area contributed by atoms with E-state index < -0.39 is 11.7 Å². The third-order valence-corrected chi connectivity index (χ3v) is 3.56. The SMILES string of the molecule is C=CCN1CCN(c2cccc(C(F)(F)F)c2C#N)CC1. The lowest BCUT2D eigenvalue weighted by atomic mass is 10.0. The second-order valence-corrected chi connectivity index (χ2v) is 4.89. The summed E-state index contributed by atoms with van der Waals surface area (Å²) >= 11 is 0. The molecule has 21 heavy (non-hydrogen) atoms. The van der Waals surface area contributed by atoms with Gasteiger partial charge in [0.1, 0.15) is 6.07 Å². The summed E-state index contributed by atoms with van der Waals surface area (Å²) in [5.74, 6) is 0. The van der Waals surface area contributed by atoms with Crippen LogP contribution in [-0.2, 0) is 6.18 Å². The second kappa shape index (κ2) is 6.19. The summed E-state index contributed by atoms with van der Waals surface area (Å²) < 4.78 is 38.9. The van der Waals surface area contributed by atoms with Crippen LogP contribution < -0.4 is 4.90 Å². The average Bonchev–Trinajstić information content (AvgIpc) is 2.46. The van der Waals surface area contributed by atoms with Crippen molar-refractivity contribution in [1.82, 2.24) is 4.90 Å². The van der Waals surface area contributed by atoms with Gasteiger partial charge < -0.3 is 4.90 Å². The molecule has 2 rings (SSSR count). The summed E-state index contributed by atoms with van der Waals surface area (Å²) in [6.45, 7) is 7.13. The molecule has 0 radical (unpaired) electrons. The molecule has 1 aromatic carbocycles. The minimum absolute atomic E-state index is 0.290. The Morgan fingerprint density at radius 1 is 1.24 bits per heavy atom. The predicted molar refractivity (Wildman–Crippen MR) is 75.0 cm³/mol. The molecule has 1 aliphatic heterocycles. The smallest absolute Gasteiger partial charge is 0.368 e. The van der Waals surface area contributed by atoms with E-state index in [1.165, 1.54) is 6.07 Å². The average molecular weight is 295 g/mol. The molecule has 6 heteroatoms. The number of hydrogen-bond donors (Lipinski definition) is 0. The fourth-order valence-electron chi connectivity index (χ4n) is 2.51. The number of benzene rings is 1. The van der Waals surface area contributed by atoms with Crippen LogP contribution in [0.25, 0.3) is 0 Å². The summed E-state index contributed by atoms with van der Waals surface area (Å²) in [5.41, 5.74) is -0.788. The predicted octanol–water partition coefficient (Wildman–Crippen LogP) is 2.89. The van der Waals surface area contributed by atoms with Gasteiger partial charge in [-0.25, -0.2) is 0 Å². The van der Waals surface area contributed by atoms with Gasteiger partial charge in [0.15, 0.2) is 0 Å². The van der Waals surface area contributed by atoms with Gasteiger partial charge in [0, 0.05) is 32.7 Å². The van der Waals surface area contributed by atoms with E-state index in [0.717, 1.165) is 25.7 Å². The van der Waals surface area contributed by atoms with Crippen molar-refractivity contribution in [2.24, 2.45) is 0 Å². The molecule has 1 heterocycles. The standard InChI is InChI=1S/C15H16F3N3/c1-2-6-20-7-9-21(10-8-20)14-5-3-4-13(12(14)11-19)15(16,17)18/h2-5H,1,6-10H2. The Kier molecular flexibility index (Phi) is 4.53. The number of rotatable bonds is 3. The number of anilines is 1. The minimum atomic E-state index is -4.51. The normalized spacial score (nSPS) is 16.6. The quantitative estimate of drug-likeness (QED) is 0.803. The summed E-state index contributed by atoms with van der Waals surface area (Å²) in [6, 6.07) is 5.60.